The van der Waals surface area contributed by atoms with Gasteiger partial charge in [0.15, 0.2) is 0 Å². The molecule has 0 saturated heterocycles. The van der Waals surface area contributed by atoms with Gasteiger partial charge in [-0.3, -0.25) is 0 Å². The summed E-state index contributed by atoms with van der Waals surface area (Å²) in [4.78, 5) is 0. The van der Waals surface area contributed by atoms with E-state index in [2.05, 4.69) is 37.3 Å². The van der Waals surface area contributed by atoms with Crippen LogP contribution in [0.1, 0.15) is 19.8 Å². The summed E-state index contributed by atoms with van der Waals surface area (Å²) < 4.78 is 11.1. The summed E-state index contributed by atoms with van der Waals surface area (Å²) in [5, 5.41) is 1.42. The normalized spacial score (nSPS) is 12.6. The molecule has 0 N–H and O–H groups in total. The average molecular weight is 238 g/mol. The molecule has 0 aliphatic carbocycles. The van der Waals surface area contributed by atoms with Gasteiger partial charge >= 0.3 is 0 Å². The maximum absolute atomic E-state index is 6.03. The van der Waals surface area contributed by atoms with E-state index in [9.17, 15) is 0 Å². The number of hydrogen-bond donors (Lipinski definition) is 0. The third-order valence-corrected chi connectivity index (χ3v) is 5.40. The molecule has 0 heterocycles. The van der Waals surface area contributed by atoms with E-state index in [4.69, 9.17) is 9.16 Å². The Balaban J connectivity index is 2.41. The molecule has 0 aromatic heterocycles. The second-order valence-electron chi connectivity index (χ2n) is 3.91. The molecule has 1 aromatic carbocycles. The van der Waals surface area contributed by atoms with Gasteiger partial charge in [0, 0.05) is 20.3 Å². The molecule has 1 atom stereocenters. The van der Waals surface area contributed by atoms with E-state index in [1.807, 2.05) is 0 Å². The lowest BCUT2D eigenvalue weighted by Crippen LogP contribution is -2.33. The molecule has 1 rings (SSSR count). The fourth-order valence-corrected chi connectivity index (χ4v) is 4.02. The van der Waals surface area contributed by atoms with Gasteiger partial charge < -0.3 is 9.16 Å². The third kappa shape index (κ3) is 4.92. The van der Waals surface area contributed by atoms with Crippen molar-refractivity contribution in [3.63, 3.8) is 0 Å². The van der Waals surface area contributed by atoms with Crippen molar-refractivity contribution < 1.29 is 9.16 Å². The minimum absolute atomic E-state index is 0.794. The minimum Gasteiger partial charge on any atom is -0.415 e. The summed E-state index contributed by atoms with van der Waals surface area (Å²) in [6, 6.07) is 11.9. The highest BCUT2D eigenvalue weighted by atomic mass is 28.3. The molecular formula is C13H22O2Si. The molecule has 0 bridgehead atoms. The summed E-state index contributed by atoms with van der Waals surface area (Å²) in [6.45, 7) is 3.85. The lowest BCUT2D eigenvalue weighted by Gasteiger charge is -2.15. The standard InChI is InChI=1S/C13H22O2Si/c1-3-12-16(15-11-7-10-14-2)13-8-5-4-6-9-13/h4-6,8-9,16H,3,7,10-12H2,1-2H3. The molecule has 1 aromatic rings. The predicted octanol–water partition coefficient (Wildman–Crippen LogP) is 2.08. The Morgan fingerprint density at radius 1 is 1.12 bits per heavy atom. The van der Waals surface area contributed by atoms with Crippen LogP contribution in [0.4, 0.5) is 0 Å². The van der Waals surface area contributed by atoms with E-state index in [0.29, 0.717) is 0 Å². The van der Waals surface area contributed by atoms with Crippen LogP contribution in [-0.4, -0.2) is 29.4 Å². The van der Waals surface area contributed by atoms with E-state index in [-0.39, 0.29) is 0 Å². The number of benzene rings is 1. The van der Waals surface area contributed by atoms with E-state index >= 15 is 0 Å². The molecule has 0 amide bonds. The summed E-state index contributed by atoms with van der Waals surface area (Å²) in [6.07, 6.45) is 2.20. The average Bonchev–Trinajstić information content (AvgIpc) is 2.34. The number of methoxy groups -OCH3 is 1. The van der Waals surface area contributed by atoms with Crippen molar-refractivity contribution in [3.8, 4) is 0 Å². The smallest absolute Gasteiger partial charge is 0.208 e. The fourth-order valence-electron chi connectivity index (χ4n) is 1.70. The van der Waals surface area contributed by atoms with Gasteiger partial charge in [0.2, 0.25) is 9.04 Å². The topological polar surface area (TPSA) is 18.5 Å². The fraction of sp³-hybridized carbons (Fsp3) is 0.538. The quantitative estimate of drug-likeness (QED) is 0.510. The zero-order chi connectivity index (χ0) is 11.6. The Hall–Kier alpha value is -0.643. The van der Waals surface area contributed by atoms with Crippen LogP contribution in [0.15, 0.2) is 30.3 Å². The van der Waals surface area contributed by atoms with E-state index in [0.717, 1.165) is 19.6 Å². The van der Waals surface area contributed by atoms with Gasteiger partial charge in [-0.15, -0.1) is 0 Å². The first-order chi connectivity index (χ1) is 7.88. The Morgan fingerprint density at radius 3 is 2.50 bits per heavy atom. The lowest BCUT2D eigenvalue weighted by atomic mass is 10.4. The predicted molar refractivity (Wildman–Crippen MR) is 70.8 cm³/mol. The van der Waals surface area contributed by atoms with Crippen molar-refractivity contribution in [1.82, 2.24) is 0 Å². The van der Waals surface area contributed by atoms with Gasteiger partial charge in [0.05, 0.1) is 0 Å². The number of hydrogen-bond acceptors (Lipinski definition) is 2. The summed E-state index contributed by atoms with van der Waals surface area (Å²) >= 11 is 0. The molecule has 0 aliphatic heterocycles. The van der Waals surface area contributed by atoms with E-state index < -0.39 is 9.04 Å². The Labute approximate surface area is 100 Å². The molecule has 16 heavy (non-hydrogen) atoms. The van der Waals surface area contributed by atoms with Gasteiger partial charge in [-0.2, -0.15) is 0 Å². The molecule has 2 nitrogen and oxygen atoms in total. The van der Waals surface area contributed by atoms with Gasteiger partial charge in [-0.1, -0.05) is 43.7 Å². The molecule has 0 radical (unpaired) electrons. The van der Waals surface area contributed by atoms with Gasteiger partial charge in [0.25, 0.3) is 0 Å². The Bertz CT molecular complexity index is 264. The van der Waals surface area contributed by atoms with E-state index in [1.165, 1.54) is 17.7 Å². The highest BCUT2D eigenvalue weighted by molar-refractivity contribution is 6.67. The molecule has 1 unspecified atom stereocenters. The van der Waals surface area contributed by atoms with Crippen molar-refractivity contribution >= 4 is 14.2 Å². The van der Waals surface area contributed by atoms with Crippen LogP contribution in [-0.2, 0) is 9.16 Å². The van der Waals surface area contributed by atoms with Crippen LogP contribution in [0.3, 0.4) is 0 Å². The van der Waals surface area contributed by atoms with Crippen molar-refractivity contribution in [1.29, 1.82) is 0 Å². The maximum atomic E-state index is 6.03. The highest BCUT2D eigenvalue weighted by Gasteiger charge is 2.12. The highest BCUT2D eigenvalue weighted by Crippen LogP contribution is 2.01. The van der Waals surface area contributed by atoms with Crippen LogP contribution < -0.4 is 5.19 Å². The van der Waals surface area contributed by atoms with Crippen molar-refractivity contribution in [3.05, 3.63) is 30.3 Å². The molecule has 0 aliphatic rings. The first-order valence-electron chi connectivity index (χ1n) is 6.04. The zero-order valence-electron chi connectivity index (χ0n) is 10.3. The van der Waals surface area contributed by atoms with Crippen molar-refractivity contribution in [2.45, 2.75) is 25.8 Å². The van der Waals surface area contributed by atoms with Gasteiger partial charge in [-0.25, -0.2) is 0 Å². The Kier molecular flexibility index (Phi) is 7.13. The van der Waals surface area contributed by atoms with Crippen LogP contribution in [0.25, 0.3) is 0 Å². The van der Waals surface area contributed by atoms with Crippen molar-refractivity contribution in [2.24, 2.45) is 0 Å². The van der Waals surface area contributed by atoms with Crippen molar-refractivity contribution in [2.75, 3.05) is 20.3 Å². The molecule has 0 spiro atoms. The SMILES string of the molecule is CCC[SiH](OCCCOC)c1ccccc1. The molecule has 90 valence electrons. The van der Waals surface area contributed by atoms with Crippen LogP contribution in [0.5, 0.6) is 0 Å². The summed E-state index contributed by atoms with van der Waals surface area (Å²) in [5.74, 6) is 0. The van der Waals surface area contributed by atoms with Gasteiger partial charge in [0.1, 0.15) is 0 Å². The lowest BCUT2D eigenvalue weighted by molar-refractivity contribution is 0.172. The number of ether oxygens (including phenoxy) is 1. The minimum atomic E-state index is -1.19. The van der Waals surface area contributed by atoms with Gasteiger partial charge in [-0.05, 0) is 17.7 Å². The van der Waals surface area contributed by atoms with Crippen LogP contribution in [0.2, 0.25) is 6.04 Å². The molecule has 3 heteroatoms. The second kappa shape index (κ2) is 8.50. The number of rotatable bonds is 8. The first kappa shape index (κ1) is 13.4. The van der Waals surface area contributed by atoms with Crippen LogP contribution >= 0.6 is 0 Å². The molecular weight excluding hydrogens is 216 g/mol. The van der Waals surface area contributed by atoms with E-state index in [1.54, 1.807) is 7.11 Å². The molecule has 0 saturated carbocycles. The second-order valence-corrected chi connectivity index (χ2v) is 6.46. The van der Waals surface area contributed by atoms with Crippen LogP contribution in [0, 0.1) is 0 Å². The summed E-state index contributed by atoms with van der Waals surface area (Å²) in [5.41, 5.74) is 0. The zero-order valence-corrected chi connectivity index (χ0v) is 11.5. The summed E-state index contributed by atoms with van der Waals surface area (Å²) in [7, 11) is 0.544. The monoisotopic (exact) mass is 238 g/mol. The third-order valence-electron chi connectivity index (χ3n) is 2.53. The maximum Gasteiger partial charge on any atom is 0.208 e. The Morgan fingerprint density at radius 2 is 1.88 bits per heavy atom. The largest absolute Gasteiger partial charge is 0.415 e. The first-order valence-corrected chi connectivity index (χ1v) is 7.90. The molecule has 0 fully saturated rings.